The molecule has 1 N–H and O–H groups in total. The van der Waals surface area contributed by atoms with Crippen LogP contribution < -0.4 is 0 Å². The Balaban J connectivity index is 2.12. The Labute approximate surface area is 107 Å². The minimum atomic E-state index is -0.854. The third-order valence-electron chi connectivity index (χ3n) is 3.29. The Morgan fingerprint density at radius 1 is 1.44 bits per heavy atom. The molecule has 18 heavy (non-hydrogen) atoms. The number of ether oxygens (including phenoxy) is 1. The summed E-state index contributed by atoms with van der Waals surface area (Å²) < 4.78 is 34.5. The first-order valence-electron chi connectivity index (χ1n) is 5.81. The zero-order chi connectivity index (χ0) is 12.7. The number of imidazole rings is 1. The molecule has 3 rings (SSSR count). The van der Waals surface area contributed by atoms with Gasteiger partial charge in [-0.3, -0.25) is 0 Å². The number of hydrogen-bond acceptors (Lipinski definition) is 2. The van der Waals surface area contributed by atoms with E-state index in [2.05, 4.69) is 4.98 Å². The van der Waals surface area contributed by atoms with Crippen LogP contribution in [0.15, 0.2) is 12.1 Å². The highest BCUT2D eigenvalue weighted by Crippen LogP contribution is 2.23. The van der Waals surface area contributed by atoms with Crippen molar-refractivity contribution in [3.05, 3.63) is 28.5 Å². The smallest absolute Gasteiger partial charge is 0.184 e. The third kappa shape index (κ3) is 1.85. The number of nitrogens with one attached hydrogen (secondary N) is 1. The fourth-order valence-corrected chi connectivity index (χ4v) is 2.62. The summed E-state index contributed by atoms with van der Waals surface area (Å²) in [5.74, 6) is -1.40. The first-order valence-corrected chi connectivity index (χ1v) is 6.22. The van der Waals surface area contributed by atoms with E-state index in [4.69, 9.17) is 17.0 Å². The summed E-state index contributed by atoms with van der Waals surface area (Å²) in [5.41, 5.74) is 0.740. The molecule has 1 aromatic heterocycles. The van der Waals surface area contributed by atoms with Crippen LogP contribution in [0.25, 0.3) is 11.0 Å². The SMILES string of the molecule is Fc1ccc2[nH]c(=S)n(CC3CCOC3)c2c1F. The van der Waals surface area contributed by atoms with Crippen molar-refractivity contribution in [2.75, 3.05) is 13.2 Å². The van der Waals surface area contributed by atoms with E-state index < -0.39 is 11.6 Å². The van der Waals surface area contributed by atoms with Crippen LogP contribution in [-0.2, 0) is 11.3 Å². The lowest BCUT2D eigenvalue weighted by atomic mass is 10.1. The van der Waals surface area contributed by atoms with E-state index in [1.807, 2.05) is 0 Å². The van der Waals surface area contributed by atoms with Crippen molar-refractivity contribution >= 4 is 23.3 Å². The molecule has 1 atom stereocenters. The molecule has 1 aliphatic rings. The molecule has 0 saturated carbocycles. The number of nitrogens with zero attached hydrogens (tertiary/aromatic N) is 1. The van der Waals surface area contributed by atoms with Gasteiger partial charge in [0.1, 0.15) is 5.52 Å². The van der Waals surface area contributed by atoms with Gasteiger partial charge in [0.05, 0.1) is 12.1 Å². The highest BCUT2D eigenvalue weighted by Gasteiger charge is 2.20. The first kappa shape index (κ1) is 11.8. The molecule has 0 amide bonds. The third-order valence-corrected chi connectivity index (χ3v) is 3.61. The van der Waals surface area contributed by atoms with Crippen LogP contribution in [0.5, 0.6) is 0 Å². The van der Waals surface area contributed by atoms with Crippen molar-refractivity contribution in [3.8, 4) is 0 Å². The molecule has 1 saturated heterocycles. The molecular weight excluding hydrogens is 258 g/mol. The van der Waals surface area contributed by atoms with Gasteiger partial charge >= 0.3 is 0 Å². The first-order chi connectivity index (χ1) is 8.66. The normalized spacial score (nSPS) is 19.8. The Morgan fingerprint density at radius 3 is 3.00 bits per heavy atom. The summed E-state index contributed by atoms with van der Waals surface area (Å²) in [5, 5.41) is 0. The molecule has 96 valence electrons. The van der Waals surface area contributed by atoms with Crippen molar-refractivity contribution in [2.45, 2.75) is 13.0 Å². The summed E-state index contributed by atoms with van der Waals surface area (Å²) in [4.78, 5) is 2.90. The Hall–Kier alpha value is -1.27. The topological polar surface area (TPSA) is 29.9 Å². The van der Waals surface area contributed by atoms with Gasteiger partial charge in [-0.1, -0.05) is 0 Å². The van der Waals surface area contributed by atoms with E-state index in [0.717, 1.165) is 19.1 Å². The largest absolute Gasteiger partial charge is 0.381 e. The molecule has 1 aliphatic heterocycles. The van der Waals surface area contributed by atoms with Gasteiger partial charge in [0, 0.05) is 19.1 Å². The number of aromatic nitrogens is 2. The average molecular weight is 270 g/mol. The highest BCUT2D eigenvalue weighted by atomic mass is 32.1. The fraction of sp³-hybridized carbons (Fsp3) is 0.417. The Bertz CT molecular complexity index is 643. The number of H-pyrrole nitrogens is 1. The molecule has 2 aromatic rings. The van der Waals surface area contributed by atoms with Crippen molar-refractivity contribution in [3.63, 3.8) is 0 Å². The summed E-state index contributed by atoms with van der Waals surface area (Å²) in [7, 11) is 0. The highest BCUT2D eigenvalue weighted by molar-refractivity contribution is 7.71. The molecule has 0 bridgehead atoms. The molecule has 0 aliphatic carbocycles. The summed E-state index contributed by atoms with van der Waals surface area (Å²) in [6.07, 6.45) is 0.922. The van der Waals surface area contributed by atoms with Crippen LogP contribution >= 0.6 is 12.2 Å². The average Bonchev–Trinajstić information content (AvgIpc) is 2.94. The summed E-state index contributed by atoms with van der Waals surface area (Å²) in [6, 6.07) is 2.61. The standard InChI is InChI=1S/C12H12F2N2OS/c13-8-1-2-9-11(10(8)14)16(12(18)15-9)5-7-3-4-17-6-7/h1-2,7H,3-6H2,(H,15,18). The van der Waals surface area contributed by atoms with Crippen molar-refractivity contribution in [1.82, 2.24) is 9.55 Å². The van der Waals surface area contributed by atoms with Crippen molar-refractivity contribution in [2.24, 2.45) is 5.92 Å². The Morgan fingerprint density at radius 2 is 2.28 bits per heavy atom. The molecule has 0 spiro atoms. The summed E-state index contributed by atoms with van der Waals surface area (Å²) >= 11 is 5.17. The number of rotatable bonds is 2. The minimum Gasteiger partial charge on any atom is -0.381 e. The number of benzene rings is 1. The van der Waals surface area contributed by atoms with Gasteiger partial charge < -0.3 is 14.3 Å². The zero-order valence-electron chi connectivity index (χ0n) is 9.58. The van der Waals surface area contributed by atoms with Crippen LogP contribution in [-0.4, -0.2) is 22.8 Å². The van der Waals surface area contributed by atoms with Gasteiger partial charge in [-0.15, -0.1) is 0 Å². The fourth-order valence-electron chi connectivity index (χ4n) is 2.35. The molecule has 1 fully saturated rings. The van der Waals surface area contributed by atoms with E-state index in [9.17, 15) is 8.78 Å². The minimum absolute atomic E-state index is 0.215. The van der Waals surface area contributed by atoms with Gasteiger partial charge in [0.2, 0.25) is 0 Å². The van der Waals surface area contributed by atoms with E-state index in [1.165, 1.54) is 6.07 Å². The predicted molar refractivity (Wildman–Crippen MR) is 66.0 cm³/mol. The van der Waals surface area contributed by atoms with Crippen LogP contribution in [0.2, 0.25) is 0 Å². The van der Waals surface area contributed by atoms with Crippen molar-refractivity contribution in [1.29, 1.82) is 0 Å². The van der Waals surface area contributed by atoms with Crippen LogP contribution in [0.4, 0.5) is 8.78 Å². The second kappa shape index (κ2) is 4.44. The second-order valence-corrected chi connectivity index (χ2v) is 4.91. The van der Waals surface area contributed by atoms with Crippen LogP contribution in [0.3, 0.4) is 0 Å². The molecule has 3 nitrogen and oxygen atoms in total. The lowest BCUT2D eigenvalue weighted by molar-refractivity contribution is 0.182. The van der Waals surface area contributed by atoms with Gasteiger partial charge in [0.25, 0.3) is 0 Å². The maximum atomic E-state index is 13.9. The monoisotopic (exact) mass is 270 g/mol. The Kier molecular flexibility index (Phi) is 2.91. The lowest BCUT2D eigenvalue weighted by Gasteiger charge is -2.10. The molecule has 0 radical (unpaired) electrons. The van der Waals surface area contributed by atoms with Crippen LogP contribution in [0, 0.1) is 22.3 Å². The lowest BCUT2D eigenvalue weighted by Crippen LogP contribution is -2.11. The predicted octanol–water partition coefficient (Wildman–Crippen LogP) is 3.01. The molecule has 1 unspecified atom stereocenters. The van der Waals surface area contributed by atoms with Crippen LogP contribution in [0.1, 0.15) is 6.42 Å². The molecular formula is C12H12F2N2OS. The zero-order valence-corrected chi connectivity index (χ0v) is 10.4. The van der Waals surface area contributed by atoms with E-state index in [-0.39, 0.29) is 5.52 Å². The molecule has 2 heterocycles. The quantitative estimate of drug-likeness (QED) is 0.850. The van der Waals surface area contributed by atoms with Gasteiger partial charge in [-0.2, -0.15) is 0 Å². The maximum Gasteiger partial charge on any atom is 0.184 e. The number of halogens is 2. The second-order valence-electron chi connectivity index (χ2n) is 4.53. The number of fused-ring (bicyclic) bond motifs is 1. The van der Waals surface area contributed by atoms with E-state index >= 15 is 0 Å². The maximum absolute atomic E-state index is 13.9. The molecule has 1 aromatic carbocycles. The molecule has 6 heteroatoms. The van der Waals surface area contributed by atoms with Gasteiger partial charge in [0.15, 0.2) is 16.4 Å². The van der Waals surface area contributed by atoms with Gasteiger partial charge in [-0.05, 0) is 30.8 Å². The number of aromatic amines is 1. The van der Waals surface area contributed by atoms with E-state index in [1.54, 1.807) is 4.57 Å². The van der Waals surface area contributed by atoms with E-state index in [0.29, 0.717) is 29.4 Å². The summed E-state index contributed by atoms with van der Waals surface area (Å²) in [6.45, 7) is 1.92. The van der Waals surface area contributed by atoms with Gasteiger partial charge in [-0.25, -0.2) is 8.78 Å². The number of hydrogen-bond donors (Lipinski definition) is 1. The van der Waals surface area contributed by atoms with Crippen molar-refractivity contribution < 1.29 is 13.5 Å².